The fraction of sp³-hybridized carbons (Fsp3) is 0.429. The van der Waals surface area contributed by atoms with Crippen molar-refractivity contribution in [1.82, 2.24) is 19.5 Å². The van der Waals surface area contributed by atoms with Gasteiger partial charge in [0.05, 0.1) is 51.6 Å². The topological polar surface area (TPSA) is 91.6 Å². The van der Waals surface area contributed by atoms with E-state index in [0.29, 0.717) is 34.6 Å². The Hall–Kier alpha value is -2.30. The molecule has 2 aliphatic rings. The largest absolute Gasteiger partial charge is 0.324 e. The molecule has 0 unspecified atom stereocenters. The van der Waals surface area contributed by atoms with Gasteiger partial charge in [0.25, 0.3) is 5.91 Å². The summed E-state index contributed by atoms with van der Waals surface area (Å²) < 4.78 is 2.56. The third-order valence-corrected chi connectivity index (χ3v) is 7.86. The number of pyridine rings is 1. The highest BCUT2D eigenvalue weighted by Gasteiger charge is 2.44. The predicted molar refractivity (Wildman–Crippen MR) is 124 cm³/mol. The average molecular weight is 503 g/mol. The highest BCUT2D eigenvalue weighted by Crippen LogP contribution is 2.53. The Labute approximate surface area is 192 Å². The van der Waals surface area contributed by atoms with Crippen LogP contribution < -0.4 is 10.6 Å². The molecule has 3 aromatic heterocycles. The van der Waals surface area contributed by atoms with E-state index in [2.05, 4.69) is 41.5 Å². The van der Waals surface area contributed by atoms with E-state index in [-0.39, 0.29) is 11.8 Å². The number of aromatic nitrogens is 3. The highest BCUT2D eigenvalue weighted by molar-refractivity contribution is 9.11. The van der Waals surface area contributed by atoms with E-state index in [0.717, 1.165) is 21.7 Å². The Morgan fingerprint density at radius 1 is 1.19 bits per heavy atom. The van der Waals surface area contributed by atoms with Crippen molar-refractivity contribution >= 4 is 55.3 Å². The Morgan fingerprint density at radius 3 is 2.71 bits per heavy atom. The molecule has 10 heteroatoms. The van der Waals surface area contributed by atoms with E-state index >= 15 is 0 Å². The maximum Gasteiger partial charge on any atom is 0.260 e. The highest BCUT2D eigenvalue weighted by atomic mass is 79.9. The fourth-order valence-corrected chi connectivity index (χ4v) is 5.54. The molecule has 4 heterocycles. The van der Waals surface area contributed by atoms with Gasteiger partial charge in [-0.15, -0.1) is 11.3 Å². The number of nitrogens with one attached hydrogen (secondary N) is 2. The summed E-state index contributed by atoms with van der Waals surface area (Å²) in [5.74, 6) is -0.323. The van der Waals surface area contributed by atoms with E-state index in [1.165, 1.54) is 37.0 Å². The number of likely N-dealkylation sites (tertiary alicyclic amines) is 1. The van der Waals surface area contributed by atoms with Crippen LogP contribution >= 0.6 is 27.3 Å². The smallest absolute Gasteiger partial charge is 0.260 e. The van der Waals surface area contributed by atoms with Crippen LogP contribution in [0.2, 0.25) is 0 Å². The van der Waals surface area contributed by atoms with Gasteiger partial charge in [-0.05, 0) is 73.1 Å². The number of carbonyl (C=O) groups excluding carboxylic acids is 2. The monoisotopic (exact) mass is 502 g/mol. The molecule has 2 amide bonds. The van der Waals surface area contributed by atoms with Gasteiger partial charge in [-0.25, -0.2) is 4.52 Å². The molecule has 1 aliphatic heterocycles. The standard InChI is InChI=1S/C21H23BrN6O2S/c1-13-16(26-19(30)15-10-24-28-11-17(22)31-20(15)28)8-14(9-23-13)25-18(29)12-27-6-4-21(2-3-21)5-7-27/h8-11H,2-7,12H2,1H3,(H,25,29)(H,26,30). The molecule has 8 nitrogen and oxygen atoms in total. The first-order valence-corrected chi connectivity index (χ1v) is 11.9. The number of fused-ring (bicyclic) bond motifs is 1. The summed E-state index contributed by atoms with van der Waals surface area (Å²) in [4.78, 5) is 32.7. The van der Waals surface area contributed by atoms with E-state index in [9.17, 15) is 9.59 Å². The second-order valence-corrected chi connectivity index (χ2v) is 10.9. The number of anilines is 2. The van der Waals surface area contributed by atoms with Crippen molar-refractivity contribution in [3.8, 4) is 0 Å². The van der Waals surface area contributed by atoms with Crippen LogP contribution in [0.1, 0.15) is 41.7 Å². The summed E-state index contributed by atoms with van der Waals surface area (Å²) in [7, 11) is 0. The van der Waals surface area contributed by atoms with Crippen LogP contribution in [0.5, 0.6) is 0 Å². The van der Waals surface area contributed by atoms with Gasteiger partial charge in [0.15, 0.2) is 0 Å². The van der Waals surface area contributed by atoms with Crippen LogP contribution in [0.4, 0.5) is 11.4 Å². The van der Waals surface area contributed by atoms with Crippen LogP contribution in [0, 0.1) is 12.3 Å². The number of thiazole rings is 1. The number of halogens is 1. The molecule has 1 aliphatic carbocycles. The average Bonchev–Trinajstić information content (AvgIpc) is 3.21. The van der Waals surface area contributed by atoms with Crippen LogP contribution in [0.3, 0.4) is 0 Å². The lowest BCUT2D eigenvalue weighted by atomic mass is 9.94. The molecule has 2 N–H and O–H groups in total. The zero-order valence-corrected chi connectivity index (χ0v) is 19.6. The van der Waals surface area contributed by atoms with E-state index in [1.54, 1.807) is 23.0 Å². The Kier molecular flexibility index (Phi) is 5.31. The third-order valence-electron chi connectivity index (χ3n) is 6.27. The molecule has 3 aromatic rings. The molecule has 5 rings (SSSR count). The van der Waals surface area contributed by atoms with Crippen molar-refractivity contribution in [3.05, 3.63) is 39.7 Å². The van der Waals surface area contributed by atoms with E-state index in [1.807, 2.05) is 13.1 Å². The van der Waals surface area contributed by atoms with Gasteiger partial charge in [0.2, 0.25) is 5.91 Å². The van der Waals surface area contributed by atoms with Crippen molar-refractivity contribution in [2.24, 2.45) is 5.41 Å². The van der Waals surface area contributed by atoms with Gasteiger partial charge in [0, 0.05) is 0 Å². The zero-order chi connectivity index (χ0) is 21.6. The fourth-order valence-electron chi connectivity index (χ4n) is 4.10. The van der Waals surface area contributed by atoms with Gasteiger partial charge in [-0.1, -0.05) is 0 Å². The van der Waals surface area contributed by atoms with Crippen LogP contribution in [-0.4, -0.2) is 50.9 Å². The Balaban J connectivity index is 1.23. The number of nitrogens with zero attached hydrogens (tertiary/aromatic N) is 4. The van der Waals surface area contributed by atoms with Crippen molar-refractivity contribution in [2.45, 2.75) is 32.6 Å². The number of piperidine rings is 1. The van der Waals surface area contributed by atoms with Crippen LogP contribution in [0.15, 0.2) is 28.4 Å². The number of hydrogen-bond donors (Lipinski definition) is 2. The SMILES string of the molecule is Cc1ncc(NC(=O)CN2CCC3(CC2)CC3)cc1NC(=O)c1cnn2cc(Br)sc12. The first kappa shape index (κ1) is 20.6. The van der Waals surface area contributed by atoms with Gasteiger partial charge in [-0.2, -0.15) is 5.10 Å². The minimum atomic E-state index is -0.264. The second-order valence-electron chi connectivity index (χ2n) is 8.48. The molecular formula is C21H23BrN6O2S. The van der Waals surface area contributed by atoms with Gasteiger partial charge in [-0.3, -0.25) is 19.5 Å². The molecule has 2 fully saturated rings. The quantitative estimate of drug-likeness (QED) is 0.551. The molecule has 0 atom stereocenters. The lowest BCUT2D eigenvalue weighted by Crippen LogP contribution is -2.39. The van der Waals surface area contributed by atoms with E-state index in [4.69, 9.17) is 0 Å². The minimum Gasteiger partial charge on any atom is -0.324 e. The third kappa shape index (κ3) is 4.37. The summed E-state index contributed by atoms with van der Waals surface area (Å²) in [5, 5.41) is 10.0. The number of amides is 2. The molecule has 0 aromatic carbocycles. The van der Waals surface area contributed by atoms with Crippen molar-refractivity contribution in [3.63, 3.8) is 0 Å². The summed E-state index contributed by atoms with van der Waals surface area (Å²) in [6, 6.07) is 1.75. The Morgan fingerprint density at radius 2 is 1.97 bits per heavy atom. The number of aryl methyl sites for hydroxylation is 1. The lowest BCUT2D eigenvalue weighted by molar-refractivity contribution is -0.117. The van der Waals surface area contributed by atoms with Crippen molar-refractivity contribution < 1.29 is 9.59 Å². The van der Waals surface area contributed by atoms with Crippen LogP contribution in [-0.2, 0) is 4.79 Å². The maximum absolute atomic E-state index is 12.8. The summed E-state index contributed by atoms with van der Waals surface area (Å²) in [6.07, 6.45) is 10.1. The normalized spacial score (nSPS) is 17.7. The number of hydrogen-bond acceptors (Lipinski definition) is 6. The van der Waals surface area contributed by atoms with Gasteiger partial charge < -0.3 is 10.6 Å². The molecule has 1 saturated carbocycles. The summed E-state index contributed by atoms with van der Waals surface area (Å²) in [6.45, 7) is 4.17. The zero-order valence-electron chi connectivity index (χ0n) is 17.2. The molecular weight excluding hydrogens is 480 g/mol. The first-order chi connectivity index (χ1) is 14.9. The molecule has 31 heavy (non-hydrogen) atoms. The molecule has 1 saturated heterocycles. The second kappa shape index (κ2) is 7.99. The van der Waals surface area contributed by atoms with Crippen LogP contribution in [0.25, 0.3) is 4.83 Å². The number of rotatable bonds is 5. The molecule has 0 radical (unpaired) electrons. The lowest BCUT2D eigenvalue weighted by Gasteiger charge is -2.31. The van der Waals surface area contributed by atoms with Crippen molar-refractivity contribution in [1.29, 1.82) is 0 Å². The summed E-state index contributed by atoms with van der Waals surface area (Å²) >= 11 is 4.85. The van der Waals surface area contributed by atoms with E-state index < -0.39 is 0 Å². The maximum atomic E-state index is 12.8. The Bertz CT molecular complexity index is 1160. The predicted octanol–water partition coefficient (Wildman–Crippen LogP) is 3.93. The first-order valence-electron chi connectivity index (χ1n) is 10.3. The van der Waals surface area contributed by atoms with Gasteiger partial charge >= 0.3 is 0 Å². The van der Waals surface area contributed by atoms with Gasteiger partial charge in [0.1, 0.15) is 4.83 Å². The molecule has 0 bridgehead atoms. The molecule has 162 valence electrons. The summed E-state index contributed by atoms with van der Waals surface area (Å²) in [5.41, 5.74) is 2.89. The number of carbonyl (C=O) groups is 2. The molecule has 1 spiro atoms. The minimum absolute atomic E-state index is 0.0588. The van der Waals surface area contributed by atoms with Crippen molar-refractivity contribution in [2.75, 3.05) is 30.3 Å².